The van der Waals surface area contributed by atoms with Gasteiger partial charge in [-0.15, -0.1) is 23.1 Å². The highest BCUT2D eigenvalue weighted by molar-refractivity contribution is 14.1. The van der Waals surface area contributed by atoms with Crippen LogP contribution in [0.3, 0.4) is 0 Å². The van der Waals surface area contributed by atoms with Crippen LogP contribution in [-0.4, -0.2) is 11.8 Å². The highest BCUT2D eigenvalue weighted by Gasteiger charge is 2.22. The molecule has 0 spiro atoms. The number of nitrogens with one attached hydrogen (secondary N) is 2. The summed E-state index contributed by atoms with van der Waals surface area (Å²) < 4.78 is 1.11. The van der Waals surface area contributed by atoms with Crippen LogP contribution in [0, 0.1) is 3.57 Å². The Bertz CT molecular complexity index is 1180. The van der Waals surface area contributed by atoms with E-state index in [1.165, 1.54) is 23.1 Å². The second-order valence-electron chi connectivity index (χ2n) is 6.86. The van der Waals surface area contributed by atoms with Crippen molar-refractivity contribution in [2.45, 2.75) is 10.1 Å². The molecule has 0 aliphatic heterocycles. The first-order valence-corrected chi connectivity index (χ1v) is 12.7. The third kappa shape index (κ3) is 5.99. The molecule has 4 rings (SSSR count). The number of halogens is 1. The molecule has 160 valence electrons. The highest BCUT2D eigenvalue weighted by atomic mass is 127. The van der Waals surface area contributed by atoms with Gasteiger partial charge in [0, 0.05) is 19.8 Å². The second-order valence-corrected chi connectivity index (χ2v) is 10.2. The van der Waals surface area contributed by atoms with Crippen molar-refractivity contribution in [1.29, 1.82) is 0 Å². The summed E-state index contributed by atoms with van der Waals surface area (Å²) in [5.41, 5.74) is 2.41. The number of thioether (sulfide) groups is 1. The molecule has 4 nitrogen and oxygen atoms in total. The highest BCUT2D eigenvalue weighted by Crippen LogP contribution is 2.36. The van der Waals surface area contributed by atoms with Crippen LogP contribution in [0.1, 0.15) is 20.5 Å². The molecule has 0 saturated carbocycles. The fraction of sp³-hybridized carbons (Fsp3) is 0.0400. The SMILES string of the molecule is O=C(Nc1ccc(SC(C(=O)Nc2ccc(I)cc2)c2ccccc2)cc1)c1cccs1. The van der Waals surface area contributed by atoms with Gasteiger partial charge < -0.3 is 10.6 Å². The number of carbonyl (C=O) groups excluding carboxylic acids is 2. The number of benzene rings is 3. The van der Waals surface area contributed by atoms with E-state index in [-0.39, 0.29) is 11.8 Å². The molecular weight excluding hydrogens is 551 g/mol. The Morgan fingerprint density at radius 1 is 0.781 bits per heavy atom. The Kier molecular flexibility index (Phi) is 7.62. The van der Waals surface area contributed by atoms with Crippen LogP contribution in [0.2, 0.25) is 0 Å². The molecule has 4 aromatic rings. The largest absolute Gasteiger partial charge is 0.325 e. The molecule has 0 aliphatic rings. The topological polar surface area (TPSA) is 58.2 Å². The molecule has 1 heterocycles. The molecule has 1 aromatic heterocycles. The fourth-order valence-electron chi connectivity index (χ4n) is 3.00. The third-order valence-electron chi connectivity index (χ3n) is 4.56. The van der Waals surface area contributed by atoms with E-state index in [0.29, 0.717) is 10.6 Å². The second kappa shape index (κ2) is 10.8. The summed E-state index contributed by atoms with van der Waals surface area (Å²) in [4.78, 5) is 27.0. The van der Waals surface area contributed by atoms with Crippen molar-refractivity contribution in [3.8, 4) is 0 Å². The maximum atomic E-state index is 13.2. The van der Waals surface area contributed by atoms with Crippen LogP contribution >= 0.6 is 45.7 Å². The van der Waals surface area contributed by atoms with E-state index in [2.05, 4.69) is 33.2 Å². The van der Waals surface area contributed by atoms with E-state index in [0.717, 1.165) is 19.7 Å². The van der Waals surface area contributed by atoms with E-state index in [1.54, 1.807) is 6.07 Å². The van der Waals surface area contributed by atoms with E-state index >= 15 is 0 Å². The first-order valence-electron chi connectivity index (χ1n) is 9.81. The summed E-state index contributed by atoms with van der Waals surface area (Å²) in [6.45, 7) is 0. The van der Waals surface area contributed by atoms with Crippen molar-refractivity contribution in [2.24, 2.45) is 0 Å². The molecule has 0 radical (unpaired) electrons. The van der Waals surface area contributed by atoms with Gasteiger partial charge in [-0.05, 0) is 88.1 Å². The minimum atomic E-state index is -0.415. The van der Waals surface area contributed by atoms with Crippen molar-refractivity contribution >= 4 is 68.9 Å². The Labute approximate surface area is 208 Å². The molecule has 0 saturated heterocycles. The normalized spacial score (nSPS) is 11.5. The van der Waals surface area contributed by atoms with Crippen molar-refractivity contribution in [2.75, 3.05) is 10.6 Å². The first kappa shape index (κ1) is 22.6. The summed E-state index contributed by atoms with van der Waals surface area (Å²) in [5, 5.41) is 7.38. The Hall–Kier alpha value is -2.62. The number of rotatable bonds is 7. The van der Waals surface area contributed by atoms with Gasteiger partial charge >= 0.3 is 0 Å². The minimum Gasteiger partial charge on any atom is -0.325 e. The van der Waals surface area contributed by atoms with Gasteiger partial charge in [0.05, 0.1) is 4.88 Å². The van der Waals surface area contributed by atoms with Crippen LogP contribution in [0.5, 0.6) is 0 Å². The van der Waals surface area contributed by atoms with Crippen LogP contribution < -0.4 is 10.6 Å². The first-order chi connectivity index (χ1) is 15.6. The maximum Gasteiger partial charge on any atom is 0.265 e. The van der Waals surface area contributed by atoms with Crippen LogP contribution in [0.4, 0.5) is 11.4 Å². The predicted molar refractivity (Wildman–Crippen MR) is 142 cm³/mol. The molecule has 7 heteroatoms. The Morgan fingerprint density at radius 2 is 1.44 bits per heavy atom. The minimum absolute atomic E-state index is 0.0857. The lowest BCUT2D eigenvalue weighted by atomic mass is 10.1. The number of amides is 2. The fourth-order valence-corrected chi connectivity index (χ4v) is 5.00. The third-order valence-corrected chi connectivity index (χ3v) is 7.42. The molecular formula is C25H19IN2O2S2. The monoisotopic (exact) mass is 570 g/mol. The molecule has 2 N–H and O–H groups in total. The van der Waals surface area contributed by atoms with Gasteiger partial charge in [-0.3, -0.25) is 9.59 Å². The molecule has 3 aromatic carbocycles. The number of carbonyl (C=O) groups is 2. The van der Waals surface area contributed by atoms with Crippen molar-refractivity contribution in [3.05, 3.63) is 110 Å². The summed E-state index contributed by atoms with van der Waals surface area (Å²) >= 11 is 5.11. The summed E-state index contributed by atoms with van der Waals surface area (Å²) in [6.07, 6.45) is 0. The summed E-state index contributed by atoms with van der Waals surface area (Å²) in [6, 6.07) is 28.6. The number of hydrogen-bond acceptors (Lipinski definition) is 4. The lowest BCUT2D eigenvalue weighted by molar-refractivity contribution is -0.115. The Morgan fingerprint density at radius 3 is 2.09 bits per heavy atom. The number of thiophene rings is 1. The van der Waals surface area contributed by atoms with Gasteiger partial charge in [0.15, 0.2) is 0 Å². The Balaban J connectivity index is 1.49. The molecule has 2 amide bonds. The zero-order chi connectivity index (χ0) is 22.3. The molecule has 0 aliphatic carbocycles. The molecule has 0 fully saturated rings. The average Bonchev–Trinajstić information content (AvgIpc) is 3.36. The molecule has 1 atom stereocenters. The van der Waals surface area contributed by atoms with Crippen LogP contribution in [0.15, 0.2) is 101 Å². The predicted octanol–water partition coefficient (Wildman–Crippen LogP) is 7.08. The number of anilines is 2. The number of hydrogen-bond donors (Lipinski definition) is 2. The zero-order valence-corrected chi connectivity index (χ0v) is 20.6. The molecule has 32 heavy (non-hydrogen) atoms. The summed E-state index contributed by atoms with van der Waals surface area (Å²) in [7, 11) is 0. The quantitative estimate of drug-likeness (QED) is 0.185. The van der Waals surface area contributed by atoms with Gasteiger partial charge in [0.1, 0.15) is 5.25 Å². The van der Waals surface area contributed by atoms with Crippen molar-refractivity contribution in [3.63, 3.8) is 0 Å². The van der Waals surface area contributed by atoms with E-state index in [1.807, 2.05) is 90.3 Å². The van der Waals surface area contributed by atoms with Crippen molar-refractivity contribution in [1.82, 2.24) is 0 Å². The molecule has 1 unspecified atom stereocenters. The lowest BCUT2D eigenvalue weighted by Crippen LogP contribution is -2.19. The van der Waals surface area contributed by atoms with Gasteiger partial charge in [-0.25, -0.2) is 0 Å². The van der Waals surface area contributed by atoms with E-state index < -0.39 is 5.25 Å². The maximum absolute atomic E-state index is 13.2. The van der Waals surface area contributed by atoms with E-state index in [9.17, 15) is 9.59 Å². The van der Waals surface area contributed by atoms with E-state index in [4.69, 9.17) is 0 Å². The smallest absolute Gasteiger partial charge is 0.265 e. The van der Waals surface area contributed by atoms with Crippen LogP contribution in [0.25, 0.3) is 0 Å². The van der Waals surface area contributed by atoms with Gasteiger partial charge in [-0.1, -0.05) is 36.4 Å². The van der Waals surface area contributed by atoms with Gasteiger partial charge in [0.2, 0.25) is 5.91 Å². The molecule has 0 bridgehead atoms. The average molecular weight is 570 g/mol. The van der Waals surface area contributed by atoms with Gasteiger partial charge in [-0.2, -0.15) is 0 Å². The van der Waals surface area contributed by atoms with Gasteiger partial charge in [0.25, 0.3) is 5.91 Å². The zero-order valence-electron chi connectivity index (χ0n) is 16.8. The standard InChI is InChI=1S/C25H19IN2O2S2/c26-18-8-10-19(11-9-18)28-25(30)23(17-5-2-1-3-6-17)32-21-14-12-20(13-15-21)27-24(29)22-7-4-16-31-22/h1-16,23H,(H,27,29)(H,28,30). The van der Waals surface area contributed by atoms with Crippen LogP contribution in [-0.2, 0) is 4.79 Å². The summed E-state index contributed by atoms with van der Waals surface area (Å²) in [5.74, 6) is -0.211. The van der Waals surface area contributed by atoms with Crippen molar-refractivity contribution < 1.29 is 9.59 Å². The lowest BCUT2D eigenvalue weighted by Gasteiger charge is -2.17.